The Kier molecular flexibility index (Phi) is 4.27. The predicted molar refractivity (Wildman–Crippen MR) is 73.4 cm³/mol. The minimum Gasteiger partial charge on any atom is -0.391 e. The molecule has 0 bridgehead atoms. The van der Waals surface area contributed by atoms with E-state index in [1.165, 1.54) is 4.90 Å². The summed E-state index contributed by atoms with van der Waals surface area (Å²) in [6.45, 7) is 2.70. The fraction of sp³-hybridized carbons (Fsp3) is 0.692. The molecule has 2 rings (SSSR count). The highest BCUT2D eigenvalue weighted by Crippen LogP contribution is 2.31. The molecule has 1 N–H and O–H groups in total. The third-order valence-electron chi connectivity index (χ3n) is 3.65. The van der Waals surface area contributed by atoms with Gasteiger partial charge in [0, 0.05) is 33.3 Å². The Balaban J connectivity index is 2.36. The van der Waals surface area contributed by atoms with Crippen LogP contribution in [0.5, 0.6) is 0 Å². The largest absolute Gasteiger partial charge is 0.433 e. The van der Waals surface area contributed by atoms with E-state index in [0.717, 1.165) is 6.07 Å². The lowest BCUT2D eigenvalue weighted by atomic mass is 9.96. The van der Waals surface area contributed by atoms with E-state index in [-0.39, 0.29) is 24.2 Å². The van der Waals surface area contributed by atoms with Gasteiger partial charge in [0.25, 0.3) is 0 Å². The maximum Gasteiger partial charge on any atom is 0.433 e. The van der Waals surface area contributed by atoms with Gasteiger partial charge in [0.05, 0.1) is 6.10 Å². The Morgan fingerprint density at radius 1 is 1.33 bits per heavy atom. The van der Waals surface area contributed by atoms with E-state index in [4.69, 9.17) is 0 Å². The molecule has 2 unspecified atom stereocenters. The van der Waals surface area contributed by atoms with Crippen LogP contribution in [0.15, 0.2) is 6.07 Å². The van der Waals surface area contributed by atoms with Gasteiger partial charge < -0.3 is 14.9 Å². The molecule has 0 saturated carbocycles. The first kappa shape index (κ1) is 15.8. The number of halogens is 3. The topological polar surface area (TPSA) is 52.5 Å². The second-order valence-corrected chi connectivity index (χ2v) is 5.58. The van der Waals surface area contributed by atoms with Crippen LogP contribution in [0.1, 0.15) is 19.0 Å². The zero-order chi connectivity index (χ0) is 15.8. The van der Waals surface area contributed by atoms with Gasteiger partial charge in [-0.2, -0.15) is 18.2 Å². The average Bonchev–Trinajstić information content (AvgIpc) is 2.40. The van der Waals surface area contributed by atoms with E-state index >= 15 is 0 Å². The maximum atomic E-state index is 12.9. The SMILES string of the molecule is CC1CCN(c2nc(N(C)C)cc(C(F)(F)F)n2)CC1O. The summed E-state index contributed by atoms with van der Waals surface area (Å²) in [5.41, 5.74) is -0.968. The van der Waals surface area contributed by atoms with Crippen molar-refractivity contribution >= 4 is 11.8 Å². The van der Waals surface area contributed by atoms with Crippen LogP contribution >= 0.6 is 0 Å². The van der Waals surface area contributed by atoms with Crippen LogP contribution in [-0.2, 0) is 6.18 Å². The predicted octanol–water partition coefficient (Wildman–Crippen LogP) is 1.77. The first-order valence-corrected chi connectivity index (χ1v) is 6.75. The van der Waals surface area contributed by atoms with Crippen molar-refractivity contribution in [1.82, 2.24) is 9.97 Å². The van der Waals surface area contributed by atoms with E-state index in [0.29, 0.717) is 13.0 Å². The van der Waals surface area contributed by atoms with Crippen LogP contribution in [0.3, 0.4) is 0 Å². The number of nitrogens with zero attached hydrogens (tertiary/aromatic N) is 4. The van der Waals surface area contributed by atoms with Gasteiger partial charge in [0.15, 0.2) is 5.69 Å². The van der Waals surface area contributed by atoms with Crippen LogP contribution in [0.2, 0.25) is 0 Å². The van der Waals surface area contributed by atoms with E-state index in [1.54, 1.807) is 19.0 Å². The van der Waals surface area contributed by atoms with Crippen molar-refractivity contribution in [3.63, 3.8) is 0 Å². The molecule has 1 aliphatic rings. The lowest BCUT2D eigenvalue weighted by Gasteiger charge is -2.34. The number of β-amino-alcohol motifs (C(OH)–C–C–N with tert-alkyl or cyclic N) is 1. The molecule has 2 heterocycles. The zero-order valence-electron chi connectivity index (χ0n) is 12.2. The number of aliphatic hydroxyl groups excluding tert-OH is 1. The highest BCUT2D eigenvalue weighted by atomic mass is 19.4. The van der Waals surface area contributed by atoms with Crippen LogP contribution in [0, 0.1) is 5.92 Å². The molecule has 8 heteroatoms. The van der Waals surface area contributed by atoms with Crippen molar-refractivity contribution in [3.8, 4) is 0 Å². The molecular formula is C13H19F3N4O. The van der Waals surface area contributed by atoms with Crippen molar-refractivity contribution in [2.45, 2.75) is 25.6 Å². The van der Waals surface area contributed by atoms with E-state index in [9.17, 15) is 18.3 Å². The second-order valence-electron chi connectivity index (χ2n) is 5.58. The summed E-state index contributed by atoms with van der Waals surface area (Å²) >= 11 is 0. The number of aliphatic hydroxyl groups is 1. The molecule has 1 aliphatic heterocycles. The molecule has 1 aromatic heterocycles. The number of piperidine rings is 1. The Bertz CT molecular complexity index is 507. The van der Waals surface area contributed by atoms with Gasteiger partial charge in [-0.3, -0.25) is 0 Å². The molecule has 5 nitrogen and oxygen atoms in total. The van der Waals surface area contributed by atoms with Gasteiger partial charge >= 0.3 is 6.18 Å². The molecule has 0 radical (unpaired) electrons. The Hall–Kier alpha value is -1.57. The minimum atomic E-state index is -4.52. The molecule has 2 atom stereocenters. The van der Waals surface area contributed by atoms with E-state index in [2.05, 4.69) is 9.97 Å². The van der Waals surface area contributed by atoms with Gasteiger partial charge in [0.1, 0.15) is 5.82 Å². The van der Waals surface area contributed by atoms with Crippen molar-refractivity contribution in [2.24, 2.45) is 5.92 Å². The summed E-state index contributed by atoms with van der Waals surface area (Å²) < 4.78 is 38.8. The normalized spacial score (nSPS) is 23.3. The van der Waals surface area contributed by atoms with Gasteiger partial charge in [-0.25, -0.2) is 4.98 Å². The second kappa shape index (κ2) is 5.67. The fourth-order valence-electron chi connectivity index (χ4n) is 2.17. The first-order chi connectivity index (χ1) is 9.68. The molecule has 21 heavy (non-hydrogen) atoms. The number of anilines is 2. The summed E-state index contributed by atoms with van der Waals surface area (Å²) in [5.74, 6) is 0.334. The van der Waals surface area contributed by atoms with Crippen molar-refractivity contribution in [2.75, 3.05) is 37.0 Å². The summed E-state index contributed by atoms with van der Waals surface area (Å²) in [7, 11) is 3.25. The highest BCUT2D eigenvalue weighted by molar-refractivity contribution is 5.46. The molecular weight excluding hydrogens is 285 g/mol. The average molecular weight is 304 g/mol. The number of alkyl halides is 3. The van der Waals surface area contributed by atoms with Gasteiger partial charge in [-0.1, -0.05) is 6.92 Å². The summed E-state index contributed by atoms with van der Waals surface area (Å²) in [4.78, 5) is 10.9. The molecule has 1 fully saturated rings. The van der Waals surface area contributed by atoms with Gasteiger partial charge in [-0.15, -0.1) is 0 Å². The first-order valence-electron chi connectivity index (χ1n) is 6.75. The fourth-order valence-corrected chi connectivity index (χ4v) is 2.17. The molecule has 0 aliphatic carbocycles. The molecule has 1 aromatic rings. The monoisotopic (exact) mass is 304 g/mol. The van der Waals surface area contributed by atoms with Crippen LogP contribution in [0.4, 0.5) is 24.9 Å². The van der Waals surface area contributed by atoms with Crippen molar-refractivity contribution in [1.29, 1.82) is 0 Å². The zero-order valence-corrected chi connectivity index (χ0v) is 12.2. The van der Waals surface area contributed by atoms with Crippen LogP contribution in [0.25, 0.3) is 0 Å². The molecule has 0 amide bonds. The van der Waals surface area contributed by atoms with E-state index in [1.807, 2.05) is 6.92 Å². The standard InChI is InChI=1S/C13H19F3N4O/c1-8-4-5-20(7-9(8)21)12-17-10(13(14,15)16)6-11(18-12)19(2)3/h6,8-9,21H,4-5,7H2,1-3H3. The van der Waals surface area contributed by atoms with E-state index < -0.39 is 18.0 Å². The highest BCUT2D eigenvalue weighted by Gasteiger charge is 2.35. The molecule has 118 valence electrons. The number of rotatable bonds is 2. The summed E-state index contributed by atoms with van der Waals surface area (Å²) in [5, 5.41) is 9.89. The Morgan fingerprint density at radius 2 is 2.00 bits per heavy atom. The quantitative estimate of drug-likeness (QED) is 0.902. The number of hydrogen-bond acceptors (Lipinski definition) is 5. The van der Waals surface area contributed by atoms with Gasteiger partial charge in [-0.05, 0) is 12.3 Å². The van der Waals surface area contributed by atoms with Gasteiger partial charge in [0.2, 0.25) is 5.95 Å². The van der Waals surface area contributed by atoms with Crippen molar-refractivity contribution < 1.29 is 18.3 Å². The summed E-state index contributed by atoms with van der Waals surface area (Å²) in [6.07, 6.45) is -4.41. The minimum absolute atomic E-state index is 0.0134. The maximum absolute atomic E-state index is 12.9. The molecule has 0 spiro atoms. The third kappa shape index (κ3) is 3.55. The third-order valence-corrected chi connectivity index (χ3v) is 3.65. The lowest BCUT2D eigenvalue weighted by Crippen LogP contribution is -2.44. The molecule has 0 aromatic carbocycles. The Labute approximate surface area is 121 Å². The smallest absolute Gasteiger partial charge is 0.391 e. The number of hydrogen-bond donors (Lipinski definition) is 1. The Morgan fingerprint density at radius 3 is 2.52 bits per heavy atom. The lowest BCUT2D eigenvalue weighted by molar-refractivity contribution is -0.141. The molecule has 1 saturated heterocycles. The number of aromatic nitrogens is 2. The summed E-state index contributed by atoms with van der Waals surface area (Å²) in [6, 6.07) is 0.923. The van der Waals surface area contributed by atoms with Crippen LogP contribution in [-0.4, -0.2) is 48.4 Å². The van der Waals surface area contributed by atoms with Crippen molar-refractivity contribution in [3.05, 3.63) is 11.8 Å². The van der Waals surface area contributed by atoms with Crippen LogP contribution < -0.4 is 9.80 Å².